The lowest BCUT2D eigenvalue weighted by Gasteiger charge is -2.24. The summed E-state index contributed by atoms with van der Waals surface area (Å²) in [5, 5.41) is 15.5. The molecular formula is C14H22N6O3. The third-order valence-electron chi connectivity index (χ3n) is 3.60. The van der Waals surface area contributed by atoms with E-state index in [2.05, 4.69) is 15.6 Å². The Labute approximate surface area is 134 Å². The number of aliphatic hydroxyl groups excluding tert-OH is 1. The molecule has 1 aromatic heterocycles. The molecule has 2 atom stereocenters. The number of nitrogens with zero attached hydrogens (tertiary/aromatic N) is 2. The molecule has 1 aliphatic heterocycles. The van der Waals surface area contributed by atoms with Gasteiger partial charge in [0.1, 0.15) is 11.9 Å². The number of amides is 2. The molecule has 1 saturated heterocycles. The molecule has 1 fully saturated rings. The summed E-state index contributed by atoms with van der Waals surface area (Å²) in [6.45, 7) is 2.63. The van der Waals surface area contributed by atoms with Crippen molar-refractivity contribution in [1.29, 1.82) is 0 Å². The topological polar surface area (TPSA) is 147 Å². The number of carbonyl (C=O) groups excluding carboxylic acids is 2. The minimum atomic E-state index is -0.622. The quantitative estimate of drug-likeness (QED) is 0.406. The highest BCUT2D eigenvalue weighted by Crippen LogP contribution is 2.27. The predicted molar refractivity (Wildman–Crippen MR) is 86.8 cm³/mol. The molecule has 23 heavy (non-hydrogen) atoms. The van der Waals surface area contributed by atoms with Gasteiger partial charge in [-0.2, -0.15) is 0 Å². The Hall–Kier alpha value is -2.55. The molecule has 0 spiro atoms. The number of β-amino-alcohol motifs (C(OH)–C–C–N with tert-alkyl or cyclic N) is 1. The van der Waals surface area contributed by atoms with Crippen molar-refractivity contribution in [3.63, 3.8) is 0 Å². The van der Waals surface area contributed by atoms with Gasteiger partial charge in [0.05, 0.1) is 11.8 Å². The lowest BCUT2D eigenvalue weighted by atomic mass is 10.2. The van der Waals surface area contributed by atoms with Crippen LogP contribution in [0.2, 0.25) is 0 Å². The first kappa shape index (κ1) is 16.8. The molecule has 2 heterocycles. The molecule has 1 aromatic rings. The zero-order valence-electron chi connectivity index (χ0n) is 13.0. The van der Waals surface area contributed by atoms with E-state index < -0.39 is 18.1 Å². The fourth-order valence-corrected chi connectivity index (χ4v) is 2.52. The maximum atomic E-state index is 11.5. The van der Waals surface area contributed by atoms with E-state index in [4.69, 9.17) is 11.5 Å². The van der Waals surface area contributed by atoms with E-state index in [9.17, 15) is 14.7 Å². The van der Waals surface area contributed by atoms with Crippen LogP contribution in [0.5, 0.6) is 0 Å². The summed E-state index contributed by atoms with van der Waals surface area (Å²) in [5.41, 5.74) is 11.7. The largest absolute Gasteiger partial charge is 0.396 e. The van der Waals surface area contributed by atoms with Crippen molar-refractivity contribution in [2.45, 2.75) is 25.5 Å². The van der Waals surface area contributed by atoms with Crippen molar-refractivity contribution >= 4 is 29.1 Å². The second kappa shape index (κ2) is 7.14. The van der Waals surface area contributed by atoms with Gasteiger partial charge in [-0.25, -0.2) is 4.98 Å². The maximum absolute atomic E-state index is 11.5. The number of aliphatic hydroxyl groups is 1. The number of rotatable bonds is 6. The van der Waals surface area contributed by atoms with Crippen LogP contribution >= 0.6 is 0 Å². The molecule has 0 aromatic carbocycles. The van der Waals surface area contributed by atoms with Crippen LogP contribution < -0.4 is 27.0 Å². The fraction of sp³-hybridized carbons (Fsp3) is 0.500. The predicted octanol–water partition coefficient (Wildman–Crippen LogP) is -1.36. The molecule has 9 heteroatoms. The number of hydrogen-bond acceptors (Lipinski definition) is 7. The molecule has 1 aliphatic rings. The third kappa shape index (κ3) is 4.22. The zero-order valence-corrected chi connectivity index (χ0v) is 13.0. The summed E-state index contributed by atoms with van der Waals surface area (Å²) < 4.78 is 0. The summed E-state index contributed by atoms with van der Waals surface area (Å²) in [5.74, 6) is 0.358. The van der Waals surface area contributed by atoms with E-state index in [-0.39, 0.29) is 18.9 Å². The van der Waals surface area contributed by atoms with Crippen LogP contribution in [-0.2, 0) is 9.59 Å². The average molecular weight is 322 g/mol. The van der Waals surface area contributed by atoms with Crippen molar-refractivity contribution in [2.24, 2.45) is 5.73 Å². The Morgan fingerprint density at radius 2 is 2.17 bits per heavy atom. The van der Waals surface area contributed by atoms with Crippen LogP contribution in [0.15, 0.2) is 12.1 Å². The number of carbonyl (C=O) groups is 2. The fourth-order valence-electron chi connectivity index (χ4n) is 2.52. The van der Waals surface area contributed by atoms with Gasteiger partial charge in [0.15, 0.2) is 5.82 Å². The number of hydrogen-bond donors (Lipinski definition) is 5. The maximum Gasteiger partial charge on any atom is 0.240 e. The summed E-state index contributed by atoms with van der Waals surface area (Å²) in [4.78, 5) is 28.4. The van der Waals surface area contributed by atoms with Crippen LogP contribution in [-0.4, -0.2) is 53.7 Å². The molecule has 2 rings (SSSR count). The summed E-state index contributed by atoms with van der Waals surface area (Å²) >= 11 is 0. The summed E-state index contributed by atoms with van der Waals surface area (Å²) in [6, 6.07) is 2.77. The lowest BCUT2D eigenvalue weighted by molar-refractivity contribution is -0.119. The number of aromatic nitrogens is 1. The minimum absolute atomic E-state index is 0.114. The van der Waals surface area contributed by atoms with Gasteiger partial charge in [0.2, 0.25) is 11.8 Å². The van der Waals surface area contributed by atoms with E-state index in [1.54, 1.807) is 17.0 Å². The van der Waals surface area contributed by atoms with Gasteiger partial charge in [-0.05, 0) is 12.1 Å². The van der Waals surface area contributed by atoms with Gasteiger partial charge in [-0.3, -0.25) is 9.59 Å². The van der Waals surface area contributed by atoms with Gasteiger partial charge in [0, 0.05) is 33.0 Å². The highest BCUT2D eigenvalue weighted by atomic mass is 16.3. The van der Waals surface area contributed by atoms with Crippen LogP contribution in [0.1, 0.15) is 13.3 Å². The first-order valence-corrected chi connectivity index (χ1v) is 7.37. The molecule has 0 radical (unpaired) electrons. The average Bonchev–Trinajstić information content (AvgIpc) is 2.87. The number of nitrogens with two attached hydrogens (primary N) is 2. The highest BCUT2D eigenvalue weighted by molar-refractivity contribution is 5.84. The van der Waals surface area contributed by atoms with E-state index in [1.165, 1.54) is 6.92 Å². The van der Waals surface area contributed by atoms with Crippen LogP contribution in [0, 0.1) is 0 Å². The number of primary amides is 1. The normalized spacial score (nSPS) is 20.3. The molecule has 0 bridgehead atoms. The van der Waals surface area contributed by atoms with Crippen LogP contribution in [0.4, 0.5) is 17.3 Å². The third-order valence-corrected chi connectivity index (χ3v) is 3.60. The second-order valence-electron chi connectivity index (χ2n) is 5.48. The van der Waals surface area contributed by atoms with Gasteiger partial charge >= 0.3 is 0 Å². The first-order valence-electron chi connectivity index (χ1n) is 7.37. The number of nitrogen functional groups attached to an aromatic ring is 1. The van der Waals surface area contributed by atoms with Crippen molar-refractivity contribution in [3.8, 4) is 0 Å². The van der Waals surface area contributed by atoms with Gasteiger partial charge in [0.25, 0.3) is 0 Å². The van der Waals surface area contributed by atoms with Gasteiger partial charge in [-0.15, -0.1) is 0 Å². The van der Waals surface area contributed by atoms with E-state index in [0.717, 1.165) is 0 Å². The van der Waals surface area contributed by atoms with Crippen molar-refractivity contribution in [2.75, 3.05) is 35.6 Å². The Bertz CT molecular complexity index is 594. The molecule has 9 nitrogen and oxygen atoms in total. The highest BCUT2D eigenvalue weighted by Gasteiger charge is 2.35. The Morgan fingerprint density at radius 3 is 2.83 bits per heavy atom. The monoisotopic (exact) mass is 322 g/mol. The second-order valence-corrected chi connectivity index (χ2v) is 5.48. The van der Waals surface area contributed by atoms with Crippen LogP contribution in [0.25, 0.3) is 0 Å². The van der Waals surface area contributed by atoms with E-state index >= 15 is 0 Å². The molecule has 2 amide bonds. The smallest absolute Gasteiger partial charge is 0.240 e. The standard InChI is InChI=1S/C14H22N6O3/c1-8(21)17-4-5-18-14-10(15)2-3-12(19-14)20-7-9(22)6-11(20)13(16)23/h2-3,9,11,22H,4-7,15H2,1H3,(H2,16,23)(H,17,21)(H,18,19). The Morgan fingerprint density at radius 1 is 1.43 bits per heavy atom. The van der Waals surface area contributed by atoms with Gasteiger partial charge < -0.3 is 32.1 Å². The number of pyridine rings is 1. The zero-order chi connectivity index (χ0) is 17.0. The number of anilines is 3. The SMILES string of the molecule is CC(=O)NCCNc1nc(N2CC(O)CC2C(N)=O)ccc1N. The van der Waals surface area contributed by atoms with Gasteiger partial charge in [-0.1, -0.05) is 0 Å². The molecule has 126 valence electrons. The van der Waals surface area contributed by atoms with Crippen molar-refractivity contribution < 1.29 is 14.7 Å². The summed E-state index contributed by atoms with van der Waals surface area (Å²) in [7, 11) is 0. The van der Waals surface area contributed by atoms with E-state index in [0.29, 0.717) is 30.4 Å². The van der Waals surface area contributed by atoms with Crippen molar-refractivity contribution in [1.82, 2.24) is 10.3 Å². The van der Waals surface area contributed by atoms with Crippen LogP contribution in [0.3, 0.4) is 0 Å². The molecule has 7 N–H and O–H groups in total. The lowest BCUT2D eigenvalue weighted by Crippen LogP contribution is -2.40. The summed E-state index contributed by atoms with van der Waals surface area (Å²) in [6.07, 6.45) is -0.338. The van der Waals surface area contributed by atoms with Crippen molar-refractivity contribution in [3.05, 3.63) is 12.1 Å². The Balaban J connectivity index is 2.10. The number of nitrogens with one attached hydrogen (secondary N) is 2. The minimum Gasteiger partial charge on any atom is -0.396 e. The Kier molecular flexibility index (Phi) is 5.22. The molecule has 0 saturated carbocycles. The molecule has 0 aliphatic carbocycles. The molecular weight excluding hydrogens is 300 g/mol. The first-order chi connectivity index (χ1) is 10.9. The molecule has 2 unspecified atom stereocenters. The van der Waals surface area contributed by atoms with E-state index in [1.807, 2.05) is 0 Å².